The van der Waals surface area contributed by atoms with Crippen molar-refractivity contribution < 1.29 is 0 Å². The highest BCUT2D eigenvalue weighted by Crippen LogP contribution is 2.19. The van der Waals surface area contributed by atoms with Crippen LogP contribution in [0.15, 0.2) is 0 Å². The molecule has 1 atom stereocenters. The van der Waals surface area contributed by atoms with Gasteiger partial charge in [0, 0.05) is 0 Å². The van der Waals surface area contributed by atoms with Gasteiger partial charge in [0.1, 0.15) is 0 Å². The first-order valence-corrected chi connectivity index (χ1v) is 11.0. The van der Waals surface area contributed by atoms with Crippen LogP contribution in [0.1, 0.15) is 124 Å². The summed E-state index contributed by atoms with van der Waals surface area (Å²) in [5.74, 6) is 1.30. The van der Waals surface area contributed by atoms with Crippen molar-refractivity contribution in [2.24, 2.45) is 23.3 Å². The molecule has 0 amide bonds. The number of rotatable bonds is 17. The summed E-state index contributed by atoms with van der Waals surface area (Å²) < 4.78 is 0. The molecule has 0 heterocycles. The highest BCUT2D eigenvalue weighted by atomic mass is 15.0. The van der Waals surface area contributed by atoms with Gasteiger partial charge in [0.2, 0.25) is 0 Å². The summed E-state index contributed by atoms with van der Waals surface area (Å²) in [6, 6.07) is 0. The normalized spacial score (nSPS) is 13.6. The zero-order valence-corrected chi connectivity index (χ0v) is 17.4. The maximum Gasteiger partial charge on any atom is 0.0660 e. The lowest BCUT2D eigenvalue weighted by atomic mass is 9.91. The van der Waals surface area contributed by atoms with E-state index >= 15 is 0 Å². The highest BCUT2D eigenvalue weighted by molar-refractivity contribution is 4.79. The van der Waals surface area contributed by atoms with Crippen molar-refractivity contribution in [3.05, 3.63) is 0 Å². The molecule has 1 unspecified atom stereocenters. The van der Waals surface area contributed by atoms with Crippen LogP contribution in [0.2, 0.25) is 0 Å². The van der Waals surface area contributed by atoms with E-state index in [-0.39, 0.29) is 0 Å². The molecule has 0 saturated heterocycles. The predicted molar refractivity (Wildman–Crippen MR) is 110 cm³/mol. The minimum atomic E-state index is -0.466. The smallest absolute Gasteiger partial charge is 0.0660 e. The standard InChI is InChI=1S/C22H48N2/c1-5-6-7-11-14-17-21(4)18-15-12-9-8-10-13-16-19-22(23,24)20(2)3/h20-21H,5-19,23-24H2,1-4H3. The van der Waals surface area contributed by atoms with Crippen LogP contribution in [0.4, 0.5) is 0 Å². The number of hydrogen-bond acceptors (Lipinski definition) is 2. The van der Waals surface area contributed by atoms with E-state index in [1.807, 2.05) is 0 Å². The van der Waals surface area contributed by atoms with E-state index in [1.54, 1.807) is 0 Å². The zero-order valence-electron chi connectivity index (χ0n) is 17.4. The second-order valence-corrected chi connectivity index (χ2v) is 8.59. The van der Waals surface area contributed by atoms with Gasteiger partial charge in [-0.2, -0.15) is 0 Å². The molecule has 2 nitrogen and oxygen atoms in total. The summed E-state index contributed by atoms with van der Waals surface area (Å²) in [6.07, 6.45) is 20.4. The highest BCUT2D eigenvalue weighted by Gasteiger charge is 2.22. The average Bonchev–Trinajstić information content (AvgIpc) is 2.52. The second kappa shape index (κ2) is 15.2. The molecule has 0 aliphatic rings. The van der Waals surface area contributed by atoms with Gasteiger partial charge in [-0.15, -0.1) is 0 Å². The minimum absolute atomic E-state index is 0.367. The van der Waals surface area contributed by atoms with Crippen LogP contribution in [0, 0.1) is 11.8 Å². The monoisotopic (exact) mass is 340 g/mol. The van der Waals surface area contributed by atoms with Gasteiger partial charge in [0.05, 0.1) is 5.66 Å². The molecular formula is C22H48N2. The zero-order chi connectivity index (χ0) is 18.3. The SMILES string of the molecule is CCCCCCCC(C)CCCCCCCCCC(N)(N)C(C)C. The molecule has 0 fully saturated rings. The van der Waals surface area contributed by atoms with Crippen molar-refractivity contribution in [1.82, 2.24) is 0 Å². The van der Waals surface area contributed by atoms with E-state index in [1.165, 1.54) is 89.9 Å². The van der Waals surface area contributed by atoms with Crippen molar-refractivity contribution in [3.63, 3.8) is 0 Å². The first kappa shape index (κ1) is 23.9. The number of nitrogens with two attached hydrogens (primary N) is 2. The van der Waals surface area contributed by atoms with Crippen LogP contribution in [0.3, 0.4) is 0 Å². The minimum Gasteiger partial charge on any atom is -0.313 e. The van der Waals surface area contributed by atoms with E-state index in [2.05, 4.69) is 27.7 Å². The molecular weight excluding hydrogens is 292 g/mol. The van der Waals surface area contributed by atoms with Gasteiger partial charge in [-0.1, -0.05) is 118 Å². The van der Waals surface area contributed by atoms with E-state index in [4.69, 9.17) is 11.5 Å². The lowest BCUT2D eigenvalue weighted by Gasteiger charge is -2.28. The Morgan fingerprint density at radius 2 is 1.04 bits per heavy atom. The van der Waals surface area contributed by atoms with Gasteiger partial charge in [0.15, 0.2) is 0 Å². The van der Waals surface area contributed by atoms with Crippen molar-refractivity contribution in [2.45, 2.75) is 130 Å². The third-order valence-electron chi connectivity index (χ3n) is 5.68. The number of hydrogen-bond donors (Lipinski definition) is 2. The molecule has 0 spiro atoms. The van der Waals surface area contributed by atoms with Gasteiger partial charge < -0.3 is 11.5 Å². The first-order chi connectivity index (χ1) is 11.4. The molecule has 2 heteroatoms. The van der Waals surface area contributed by atoms with E-state index in [0.717, 1.165) is 12.3 Å². The van der Waals surface area contributed by atoms with E-state index in [0.29, 0.717) is 5.92 Å². The summed E-state index contributed by atoms with van der Waals surface area (Å²) in [7, 11) is 0. The molecule has 146 valence electrons. The molecule has 0 rings (SSSR count). The summed E-state index contributed by atoms with van der Waals surface area (Å²) in [6.45, 7) is 8.97. The van der Waals surface area contributed by atoms with Crippen LogP contribution in [-0.4, -0.2) is 5.66 Å². The Morgan fingerprint density at radius 1 is 0.625 bits per heavy atom. The van der Waals surface area contributed by atoms with Crippen LogP contribution < -0.4 is 11.5 Å². The quantitative estimate of drug-likeness (QED) is 0.227. The Kier molecular flexibility index (Phi) is 15.1. The fourth-order valence-electron chi connectivity index (χ4n) is 3.34. The van der Waals surface area contributed by atoms with E-state index < -0.39 is 5.66 Å². The molecule has 0 saturated carbocycles. The topological polar surface area (TPSA) is 52.0 Å². The van der Waals surface area contributed by atoms with Crippen molar-refractivity contribution >= 4 is 0 Å². The maximum atomic E-state index is 6.10. The Hall–Kier alpha value is -0.0800. The molecule has 0 aliphatic carbocycles. The lowest BCUT2D eigenvalue weighted by molar-refractivity contribution is 0.287. The second-order valence-electron chi connectivity index (χ2n) is 8.59. The molecule has 24 heavy (non-hydrogen) atoms. The molecule has 0 aromatic heterocycles. The Morgan fingerprint density at radius 3 is 1.50 bits per heavy atom. The lowest BCUT2D eigenvalue weighted by Crippen LogP contribution is -2.53. The van der Waals surface area contributed by atoms with Gasteiger partial charge >= 0.3 is 0 Å². The Labute approximate surface area is 153 Å². The van der Waals surface area contributed by atoms with Crippen LogP contribution in [-0.2, 0) is 0 Å². The van der Waals surface area contributed by atoms with Crippen LogP contribution in [0.25, 0.3) is 0 Å². The van der Waals surface area contributed by atoms with Gasteiger partial charge in [-0.25, -0.2) is 0 Å². The van der Waals surface area contributed by atoms with Gasteiger partial charge in [0.25, 0.3) is 0 Å². The molecule has 0 aliphatic heterocycles. The Balaban J connectivity index is 3.30. The van der Waals surface area contributed by atoms with Crippen molar-refractivity contribution in [3.8, 4) is 0 Å². The fourth-order valence-corrected chi connectivity index (χ4v) is 3.34. The third-order valence-corrected chi connectivity index (χ3v) is 5.68. The summed E-state index contributed by atoms with van der Waals surface area (Å²) >= 11 is 0. The molecule has 0 aromatic rings. The van der Waals surface area contributed by atoms with E-state index in [9.17, 15) is 0 Å². The maximum absolute atomic E-state index is 6.10. The molecule has 0 bridgehead atoms. The summed E-state index contributed by atoms with van der Waals surface area (Å²) in [4.78, 5) is 0. The Bertz CT molecular complexity index is 261. The molecule has 4 N–H and O–H groups in total. The first-order valence-electron chi connectivity index (χ1n) is 11.0. The van der Waals surface area contributed by atoms with Crippen LogP contribution in [0.5, 0.6) is 0 Å². The summed E-state index contributed by atoms with van der Waals surface area (Å²) in [5.41, 5.74) is 11.7. The average molecular weight is 341 g/mol. The van der Waals surface area contributed by atoms with Crippen molar-refractivity contribution in [2.75, 3.05) is 0 Å². The van der Waals surface area contributed by atoms with Gasteiger partial charge in [-0.3, -0.25) is 0 Å². The number of unbranched alkanes of at least 4 members (excludes halogenated alkanes) is 10. The third kappa shape index (κ3) is 14.3. The van der Waals surface area contributed by atoms with Crippen LogP contribution >= 0.6 is 0 Å². The predicted octanol–water partition coefficient (Wildman–Crippen LogP) is 6.76. The van der Waals surface area contributed by atoms with Gasteiger partial charge in [-0.05, 0) is 18.3 Å². The molecule has 0 radical (unpaired) electrons. The molecule has 0 aromatic carbocycles. The van der Waals surface area contributed by atoms with Crippen molar-refractivity contribution in [1.29, 1.82) is 0 Å². The fraction of sp³-hybridized carbons (Fsp3) is 1.00. The largest absolute Gasteiger partial charge is 0.313 e. The summed E-state index contributed by atoms with van der Waals surface area (Å²) in [5, 5.41) is 0.